The largest absolute Gasteiger partial charge is 0.321 e. The fourth-order valence-electron chi connectivity index (χ4n) is 1.34. The van der Waals surface area contributed by atoms with E-state index in [1.54, 1.807) is 0 Å². The standard InChI is InChI=1S/C8H15N5/c1-6(9)8-10-7(11-12-8)5-13-3-2-4-13/h6H,2-5,9H2,1H3,(H,10,11,12). The van der Waals surface area contributed by atoms with Crippen LogP contribution in [-0.2, 0) is 6.54 Å². The van der Waals surface area contributed by atoms with Crippen molar-refractivity contribution in [3.63, 3.8) is 0 Å². The van der Waals surface area contributed by atoms with Crippen LogP contribution in [0.2, 0.25) is 0 Å². The predicted octanol–water partition coefficient (Wildman–Crippen LogP) is 0.0301. The third-order valence-electron chi connectivity index (χ3n) is 2.28. The first-order chi connectivity index (χ1) is 6.25. The molecule has 1 unspecified atom stereocenters. The van der Waals surface area contributed by atoms with Gasteiger partial charge in [0.2, 0.25) is 0 Å². The van der Waals surface area contributed by atoms with Gasteiger partial charge in [0, 0.05) is 0 Å². The van der Waals surface area contributed by atoms with Gasteiger partial charge in [-0.25, -0.2) is 4.98 Å². The normalized spacial score (nSPS) is 19.8. The van der Waals surface area contributed by atoms with Crippen molar-refractivity contribution in [1.82, 2.24) is 20.1 Å². The lowest BCUT2D eigenvalue weighted by Gasteiger charge is -2.29. The Labute approximate surface area is 77.3 Å². The number of likely N-dealkylation sites (tertiary alicyclic amines) is 1. The van der Waals surface area contributed by atoms with Crippen molar-refractivity contribution in [2.24, 2.45) is 5.73 Å². The molecule has 3 N–H and O–H groups in total. The van der Waals surface area contributed by atoms with E-state index in [1.807, 2.05) is 6.92 Å². The highest BCUT2D eigenvalue weighted by atomic mass is 15.3. The summed E-state index contributed by atoms with van der Waals surface area (Å²) in [5, 5.41) is 6.94. The molecule has 0 aromatic carbocycles. The first-order valence-electron chi connectivity index (χ1n) is 4.65. The van der Waals surface area contributed by atoms with Crippen LogP contribution < -0.4 is 5.73 Å². The minimum atomic E-state index is -0.0820. The highest BCUT2D eigenvalue weighted by molar-refractivity contribution is 4.94. The lowest BCUT2D eigenvalue weighted by Crippen LogP contribution is -2.36. The number of hydrogen-bond donors (Lipinski definition) is 2. The van der Waals surface area contributed by atoms with Crippen molar-refractivity contribution < 1.29 is 0 Å². The van der Waals surface area contributed by atoms with Crippen molar-refractivity contribution in [2.75, 3.05) is 13.1 Å². The van der Waals surface area contributed by atoms with Crippen LogP contribution in [0.1, 0.15) is 31.0 Å². The van der Waals surface area contributed by atoms with E-state index in [9.17, 15) is 0 Å². The van der Waals surface area contributed by atoms with Gasteiger partial charge < -0.3 is 5.73 Å². The van der Waals surface area contributed by atoms with E-state index >= 15 is 0 Å². The minimum Gasteiger partial charge on any atom is -0.321 e. The second kappa shape index (κ2) is 3.43. The highest BCUT2D eigenvalue weighted by Crippen LogP contribution is 2.10. The molecule has 0 amide bonds. The van der Waals surface area contributed by atoms with Gasteiger partial charge in [0.25, 0.3) is 0 Å². The number of nitrogens with two attached hydrogens (primary N) is 1. The molecule has 0 spiro atoms. The molecule has 1 aromatic heterocycles. The Balaban J connectivity index is 1.96. The molecule has 5 heteroatoms. The second-order valence-corrected chi connectivity index (χ2v) is 3.56. The third-order valence-corrected chi connectivity index (χ3v) is 2.28. The van der Waals surface area contributed by atoms with Crippen LogP contribution in [0.25, 0.3) is 0 Å². The zero-order chi connectivity index (χ0) is 9.26. The smallest absolute Gasteiger partial charge is 0.167 e. The first-order valence-corrected chi connectivity index (χ1v) is 4.65. The minimum absolute atomic E-state index is 0.0820. The molecule has 2 heterocycles. The molecule has 1 aliphatic rings. The van der Waals surface area contributed by atoms with Gasteiger partial charge in [-0.3, -0.25) is 10.00 Å². The number of nitrogens with zero attached hydrogens (tertiary/aromatic N) is 3. The van der Waals surface area contributed by atoms with Crippen LogP contribution in [0.3, 0.4) is 0 Å². The molecule has 0 saturated carbocycles. The van der Waals surface area contributed by atoms with Gasteiger partial charge in [0.15, 0.2) is 5.82 Å². The van der Waals surface area contributed by atoms with E-state index in [2.05, 4.69) is 20.1 Å². The van der Waals surface area contributed by atoms with E-state index in [0.29, 0.717) is 5.82 Å². The summed E-state index contributed by atoms with van der Waals surface area (Å²) in [6.45, 7) is 5.11. The molecule has 13 heavy (non-hydrogen) atoms. The van der Waals surface area contributed by atoms with Gasteiger partial charge in [-0.05, 0) is 26.4 Å². The van der Waals surface area contributed by atoms with Crippen LogP contribution in [0.4, 0.5) is 0 Å². The Kier molecular flexibility index (Phi) is 2.28. The quantitative estimate of drug-likeness (QED) is 0.690. The molecule has 1 atom stereocenters. The molecule has 2 rings (SSSR count). The van der Waals surface area contributed by atoms with Gasteiger partial charge in [-0.15, -0.1) is 0 Å². The summed E-state index contributed by atoms with van der Waals surface area (Å²) in [7, 11) is 0. The maximum atomic E-state index is 5.65. The number of aromatic amines is 1. The summed E-state index contributed by atoms with van der Waals surface area (Å²) < 4.78 is 0. The molecule has 1 aliphatic heterocycles. The SMILES string of the molecule is CC(N)c1n[nH]c(CN2CCC2)n1. The Hall–Kier alpha value is -0.940. The average Bonchev–Trinajstić information content (AvgIpc) is 2.44. The zero-order valence-electron chi connectivity index (χ0n) is 7.82. The lowest BCUT2D eigenvalue weighted by atomic mass is 10.2. The molecule has 0 radical (unpaired) electrons. The van der Waals surface area contributed by atoms with Gasteiger partial charge in [0.05, 0.1) is 12.6 Å². The summed E-state index contributed by atoms with van der Waals surface area (Å²) in [6.07, 6.45) is 1.30. The number of rotatable bonds is 3. The number of hydrogen-bond acceptors (Lipinski definition) is 4. The first kappa shape index (κ1) is 8.65. The maximum Gasteiger partial charge on any atom is 0.167 e. The molecular weight excluding hydrogens is 166 g/mol. The van der Waals surface area contributed by atoms with Crippen molar-refractivity contribution in [3.05, 3.63) is 11.6 Å². The van der Waals surface area contributed by atoms with E-state index < -0.39 is 0 Å². The molecule has 72 valence electrons. The fraction of sp³-hybridized carbons (Fsp3) is 0.750. The molecular formula is C8H15N5. The summed E-state index contributed by atoms with van der Waals surface area (Å²) in [6, 6.07) is -0.0820. The Morgan fingerprint density at radius 3 is 2.85 bits per heavy atom. The van der Waals surface area contributed by atoms with Crippen molar-refractivity contribution in [3.8, 4) is 0 Å². The molecule has 0 bridgehead atoms. The monoisotopic (exact) mass is 181 g/mol. The van der Waals surface area contributed by atoms with Gasteiger partial charge in [-0.1, -0.05) is 0 Å². The fourth-order valence-corrected chi connectivity index (χ4v) is 1.34. The van der Waals surface area contributed by atoms with Crippen LogP contribution in [0.5, 0.6) is 0 Å². The van der Waals surface area contributed by atoms with Crippen molar-refractivity contribution in [1.29, 1.82) is 0 Å². The molecule has 1 saturated heterocycles. The predicted molar refractivity (Wildman–Crippen MR) is 48.9 cm³/mol. The molecule has 0 aliphatic carbocycles. The lowest BCUT2D eigenvalue weighted by molar-refractivity contribution is 0.168. The molecule has 1 aromatic rings. The number of aromatic nitrogens is 3. The Morgan fingerprint density at radius 2 is 2.38 bits per heavy atom. The summed E-state index contributed by atoms with van der Waals surface area (Å²) in [5.74, 6) is 1.63. The number of H-pyrrole nitrogens is 1. The van der Waals surface area contributed by atoms with E-state index in [-0.39, 0.29) is 6.04 Å². The van der Waals surface area contributed by atoms with Crippen molar-refractivity contribution in [2.45, 2.75) is 25.9 Å². The topological polar surface area (TPSA) is 70.8 Å². The zero-order valence-corrected chi connectivity index (χ0v) is 7.82. The van der Waals surface area contributed by atoms with E-state index in [4.69, 9.17) is 5.73 Å². The average molecular weight is 181 g/mol. The Bertz CT molecular complexity index is 276. The summed E-state index contributed by atoms with van der Waals surface area (Å²) in [4.78, 5) is 6.62. The third kappa shape index (κ3) is 1.87. The highest BCUT2D eigenvalue weighted by Gasteiger charge is 2.16. The second-order valence-electron chi connectivity index (χ2n) is 3.56. The Morgan fingerprint density at radius 1 is 1.62 bits per heavy atom. The summed E-state index contributed by atoms with van der Waals surface area (Å²) in [5.41, 5.74) is 5.65. The molecule has 1 fully saturated rings. The van der Waals surface area contributed by atoms with Crippen LogP contribution in [0, 0.1) is 0 Å². The van der Waals surface area contributed by atoms with Crippen LogP contribution in [-0.4, -0.2) is 33.2 Å². The maximum absolute atomic E-state index is 5.65. The van der Waals surface area contributed by atoms with E-state index in [1.165, 1.54) is 19.5 Å². The van der Waals surface area contributed by atoms with Crippen molar-refractivity contribution >= 4 is 0 Å². The summed E-state index contributed by atoms with van der Waals surface area (Å²) >= 11 is 0. The van der Waals surface area contributed by atoms with Gasteiger partial charge in [-0.2, -0.15) is 5.10 Å². The van der Waals surface area contributed by atoms with Crippen LogP contribution in [0.15, 0.2) is 0 Å². The van der Waals surface area contributed by atoms with Gasteiger partial charge in [0.1, 0.15) is 5.82 Å². The molecule has 5 nitrogen and oxygen atoms in total. The number of nitrogens with one attached hydrogen (secondary N) is 1. The van der Waals surface area contributed by atoms with Gasteiger partial charge >= 0.3 is 0 Å². The van der Waals surface area contributed by atoms with Crippen LogP contribution >= 0.6 is 0 Å². The van der Waals surface area contributed by atoms with E-state index in [0.717, 1.165) is 12.4 Å².